The normalized spacial score (nSPS) is 11.8. The van der Waals surface area contributed by atoms with Crippen molar-refractivity contribution in [2.45, 2.75) is 13.3 Å². The van der Waals surface area contributed by atoms with Crippen LogP contribution in [0.2, 0.25) is 0 Å². The topological polar surface area (TPSA) is 38.7 Å². The van der Waals surface area contributed by atoms with E-state index in [2.05, 4.69) is 243 Å². The molecular formula is C83H59N3. The van der Waals surface area contributed by atoms with Crippen molar-refractivity contribution < 1.29 is 4.11 Å². The summed E-state index contributed by atoms with van der Waals surface area (Å²) in [6.45, 7) is -2.37. The van der Waals surface area contributed by atoms with E-state index in [1.807, 2.05) is 73.1 Å². The molecule has 14 aromatic rings. The summed E-state index contributed by atoms with van der Waals surface area (Å²) < 4.78 is 26.0. The minimum Gasteiger partial charge on any atom is -0.256 e. The minimum absolute atomic E-state index is 0.261. The van der Waals surface area contributed by atoms with Gasteiger partial charge in [-0.3, -0.25) is 15.0 Å². The highest BCUT2D eigenvalue weighted by Gasteiger charge is 2.21. The van der Waals surface area contributed by atoms with Crippen LogP contribution in [-0.2, 0) is 6.42 Å². The Kier molecular flexibility index (Phi) is 13.8. The van der Waals surface area contributed by atoms with Crippen LogP contribution in [0, 0.1) is 6.85 Å². The average Bonchev–Trinajstić information content (AvgIpc) is 1.68. The molecule has 0 fully saturated rings. The lowest BCUT2D eigenvalue weighted by molar-refractivity contribution is 1.20. The molecule has 11 aromatic carbocycles. The zero-order valence-electron chi connectivity index (χ0n) is 50.2. The van der Waals surface area contributed by atoms with E-state index < -0.39 is 6.85 Å². The van der Waals surface area contributed by atoms with Gasteiger partial charge in [-0.1, -0.05) is 255 Å². The van der Waals surface area contributed by atoms with E-state index in [1.54, 1.807) is 12.3 Å². The molecule has 0 aliphatic heterocycles. The van der Waals surface area contributed by atoms with Crippen molar-refractivity contribution in [3.63, 3.8) is 0 Å². The predicted molar refractivity (Wildman–Crippen MR) is 359 cm³/mol. The van der Waals surface area contributed by atoms with Crippen LogP contribution in [0.3, 0.4) is 0 Å². The molecule has 3 aromatic heterocycles. The summed E-state index contributed by atoms with van der Waals surface area (Å²) in [5.74, 6) is 0. The molecule has 0 atom stereocenters. The maximum absolute atomic E-state index is 8.66. The van der Waals surface area contributed by atoms with Crippen LogP contribution >= 0.6 is 0 Å². The quantitative estimate of drug-likeness (QED) is 0.109. The Morgan fingerprint density at radius 2 is 0.616 bits per heavy atom. The monoisotopic (exact) mass is 1100 g/mol. The zero-order valence-corrected chi connectivity index (χ0v) is 47.2. The van der Waals surface area contributed by atoms with Gasteiger partial charge in [0.1, 0.15) is 0 Å². The van der Waals surface area contributed by atoms with Crippen molar-refractivity contribution in [2.24, 2.45) is 0 Å². The first-order valence-corrected chi connectivity index (χ1v) is 29.2. The van der Waals surface area contributed by atoms with Crippen LogP contribution < -0.4 is 0 Å². The van der Waals surface area contributed by atoms with Gasteiger partial charge in [0.25, 0.3) is 0 Å². The lowest BCUT2D eigenvalue weighted by Crippen LogP contribution is -1.97. The molecule has 406 valence electrons. The van der Waals surface area contributed by atoms with Crippen molar-refractivity contribution in [1.29, 1.82) is 0 Å². The summed E-state index contributed by atoms with van der Waals surface area (Å²) in [5, 5.41) is 0. The molecule has 0 spiro atoms. The number of aryl methyl sites for hydroxylation is 1. The fourth-order valence-electron chi connectivity index (χ4n) is 12.1. The Balaban J connectivity index is 0.951. The number of pyridine rings is 3. The molecule has 0 radical (unpaired) electrons. The highest BCUT2D eigenvalue weighted by molar-refractivity contribution is 5.97. The van der Waals surface area contributed by atoms with E-state index in [9.17, 15) is 0 Å². The van der Waals surface area contributed by atoms with Crippen LogP contribution in [0.15, 0.2) is 328 Å². The second kappa shape index (κ2) is 24.0. The molecule has 0 saturated heterocycles. The molecule has 0 aliphatic rings. The molecule has 3 heteroatoms. The SMILES string of the molecule is [2H]C([2H])([2H])c1cc(-c2ccc(-c3ccccc3-c3cc(Cc4ccccc4-c4ccc(-c5ccccn5)cc4-c4ccccc4)cc(-c4ccccc4-c4ccc(-c5ccccn5)cc4-c4ccccc4)c3)c(-c3ccccc3)c2)ncc1-c1ccccc1. The van der Waals surface area contributed by atoms with Gasteiger partial charge in [0.15, 0.2) is 0 Å². The molecule has 3 heterocycles. The Morgan fingerprint density at radius 3 is 1.06 bits per heavy atom. The number of benzene rings is 11. The first-order chi connectivity index (χ1) is 43.8. The van der Waals surface area contributed by atoms with Gasteiger partial charge in [0, 0.05) is 45.0 Å². The molecule has 0 saturated carbocycles. The van der Waals surface area contributed by atoms with Crippen LogP contribution in [0.25, 0.3) is 134 Å². The maximum Gasteiger partial charge on any atom is 0.0705 e. The number of hydrogen-bond donors (Lipinski definition) is 0. The number of rotatable bonds is 14. The highest BCUT2D eigenvalue weighted by Crippen LogP contribution is 2.46. The van der Waals surface area contributed by atoms with Gasteiger partial charge in [-0.15, -0.1) is 0 Å². The van der Waals surface area contributed by atoms with Gasteiger partial charge in [-0.05, 0) is 179 Å². The second-order valence-corrected chi connectivity index (χ2v) is 21.6. The highest BCUT2D eigenvalue weighted by atomic mass is 14.7. The molecule has 0 bridgehead atoms. The second-order valence-electron chi connectivity index (χ2n) is 21.6. The van der Waals surface area contributed by atoms with Gasteiger partial charge >= 0.3 is 0 Å². The average molecular weight is 1100 g/mol. The summed E-state index contributed by atoms with van der Waals surface area (Å²) in [7, 11) is 0. The largest absolute Gasteiger partial charge is 0.256 e. The summed E-state index contributed by atoms with van der Waals surface area (Å²) in [5.41, 5.74) is 26.9. The third kappa shape index (κ3) is 10.9. The number of aromatic nitrogens is 3. The minimum atomic E-state index is -2.37. The Morgan fingerprint density at radius 1 is 0.244 bits per heavy atom. The van der Waals surface area contributed by atoms with Crippen LogP contribution in [0.4, 0.5) is 0 Å². The molecule has 0 amide bonds. The standard InChI is InChI=1S/C83H59N3/c1-57-48-83(86-56-80(57)62-30-12-5-13-31-62)66-42-45-76(79(55-66)61-28-10-4-11-29-61)73-37-19-17-35-71(73)68-51-58(49-63-32-14-15-33-69(63)74-43-40-64(81-38-20-22-46-84-81)53-77(74)59-24-6-2-7-25-59)50-67(52-68)70-34-16-18-36-72(70)75-44-41-65(82-39-21-23-47-85-82)54-78(75)60-26-8-3-9-27-60/h2-48,50-56H,49H2,1H3/i1D3. The summed E-state index contributed by atoms with van der Waals surface area (Å²) >= 11 is 0. The fraction of sp³-hybridized carbons (Fsp3) is 0.0241. The molecule has 0 unspecified atom stereocenters. The van der Waals surface area contributed by atoms with E-state index in [0.29, 0.717) is 17.7 Å². The Bertz CT molecular complexity index is 4820. The van der Waals surface area contributed by atoms with Crippen LogP contribution in [0.1, 0.15) is 20.8 Å². The number of nitrogens with zero attached hydrogens (tertiary/aromatic N) is 3. The van der Waals surface area contributed by atoms with E-state index in [1.165, 1.54) is 5.56 Å². The Hall–Kier alpha value is -11.1. The third-order valence-electron chi connectivity index (χ3n) is 16.3. The van der Waals surface area contributed by atoms with Crippen molar-refractivity contribution >= 4 is 0 Å². The molecule has 86 heavy (non-hydrogen) atoms. The molecule has 0 N–H and O–H groups in total. The first-order valence-electron chi connectivity index (χ1n) is 30.7. The third-order valence-corrected chi connectivity index (χ3v) is 16.3. The van der Waals surface area contributed by atoms with Crippen molar-refractivity contribution in [3.05, 3.63) is 345 Å². The van der Waals surface area contributed by atoms with E-state index in [0.717, 1.165) is 128 Å². The lowest BCUT2D eigenvalue weighted by Gasteiger charge is -2.20. The molecule has 3 nitrogen and oxygen atoms in total. The first kappa shape index (κ1) is 49.5. The molecular weight excluding hydrogens is 1040 g/mol. The van der Waals surface area contributed by atoms with E-state index in [4.69, 9.17) is 19.1 Å². The van der Waals surface area contributed by atoms with Gasteiger partial charge in [-0.25, -0.2) is 0 Å². The van der Waals surface area contributed by atoms with Crippen molar-refractivity contribution in [3.8, 4) is 134 Å². The van der Waals surface area contributed by atoms with Crippen LogP contribution in [-0.4, -0.2) is 15.0 Å². The fourth-order valence-corrected chi connectivity index (χ4v) is 12.1. The van der Waals surface area contributed by atoms with Crippen molar-refractivity contribution in [1.82, 2.24) is 15.0 Å². The van der Waals surface area contributed by atoms with E-state index in [-0.39, 0.29) is 5.56 Å². The molecule has 14 rings (SSSR count). The lowest BCUT2D eigenvalue weighted by atomic mass is 9.84. The maximum atomic E-state index is 8.66. The van der Waals surface area contributed by atoms with Gasteiger partial charge in [-0.2, -0.15) is 0 Å². The van der Waals surface area contributed by atoms with Gasteiger partial charge in [0.05, 0.1) is 17.1 Å². The summed E-state index contributed by atoms with van der Waals surface area (Å²) in [4.78, 5) is 14.5. The van der Waals surface area contributed by atoms with Gasteiger partial charge in [0.2, 0.25) is 0 Å². The number of hydrogen-bond acceptors (Lipinski definition) is 3. The smallest absolute Gasteiger partial charge is 0.0705 e. The molecule has 0 aliphatic carbocycles. The summed E-state index contributed by atoms with van der Waals surface area (Å²) in [6.07, 6.45) is 6.05. The van der Waals surface area contributed by atoms with E-state index >= 15 is 0 Å². The van der Waals surface area contributed by atoms with Crippen LogP contribution in [0.5, 0.6) is 0 Å². The predicted octanol–water partition coefficient (Wildman–Crippen LogP) is 21.8. The van der Waals surface area contributed by atoms with Crippen molar-refractivity contribution in [2.75, 3.05) is 0 Å². The Labute approximate surface area is 508 Å². The zero-order chi connectivity index (χ0) is 60.1. The van der Waals surface area contributed by atoms with Gasteiger partial charge < -0.3 is 0 Å². The summed E-state index contributed by atoms with van der Waals surface area (Å²) in [6, 6.07) is 109.